The van der Waals surface area contributed by atoms with Crippen LogP contribution in [0, 0.1) is 13.8 Å². The molecule has 0 aromatic heterocycles. The first kappa shape index (κ1) is 20.1. The number of aryl methyl sites for hydroxylation is 2. The fourth-order valence-corrected chi connectivity index (χ4v) is 2.78. The molecule has 0 fully saturated rings. The van der Waals surface area contributed by atoms with Crippen molar-refractivity contribution < 1.29 is 23.8 Å². The summed E-state index contributed by atoms with van der Waals surface area (Å²) in [6.45, 7) is 3.92. The Morgan fingerprint density at radius 2 is 1.45 bits per heavy atom. The Kier molecular flexibility index (Phi) is 6.63. The molecule has 0 amide bonds. The lowest BCUT2D eigenvalue weighted by atomic mass is 10.1. The zero-order valence-electron chi connectivity index (χ0n) is 16.4. The highest BCUT2D eigenvalue weighted by atomic mass is 16.6. The van der Waals surface area contributed by atoms with Crippen LogP contribution in [-0.4, -0.2) is 18.5 Å². The van der Waals surface area contributed by atoms with Crippen LogP contribution in [0.3, 0.4) is 0 Å². The first-order valence-corrected chi connectivity index (χ1v) is 9.22. The minimum Gasteiger partial charge on any atom is -0.482 e. The highest BCUT2D eigenvalue weighted by molar-refractivity contribution is 5.89. The van der Waals surface area contributed by atoms with E-state index in [1.807, 2.05) is 62.4 Å². The zero-order chi connectivity index (χ0) is 20.6. The molecule has 3 rings (SSSR count). The molecule has 0 unspecified atom stereocenters. The molecule has 3 aromatic carbocycles. The van der Waals surface area contributed by atoms with Crippen molar-refractivity contribution in [1.29, 1.82) is 0 Å². The van der Waals surface area contributed by atoms with Crippen molar-refractivity contribution in [3.63, 3.8) is 0 Å². The van der Waals surface area contributed by atoms with Gasteiger partial charge >= 0.3 is 11.9 Å². The van der Waals surface area contributed by atoms with Gasteiger partial charge in [-0.15, -0.1) is 0 Å². The minimum absolute atomic E-state index is 0.201. The Morgan fingerprint density at radius 3 is 2.10 bits per heavy atom. The summed E-state index contributed by atoms with van der Waals surface area (Å²) in [4.78, 5) is 24.1. The summed E-state index contributed by atoms with van der Waals surface area (Å²) >= 11 is 0. The Balaban J connectivity index is 1.49. The Hall–Kier alpha value is -3.60. The van der Waals surface area contributed by atoms with Gasteiger partial charge in [0.25, 0.3) is 0 Å². The molecule has 5 nitrogen and oxygen atoms in total. The van der Waals surface area contributed by atoms with Crippen LogP contribution in [-0.2, 0) is 16.1 Å². The molecule has 3 aromatic rings. The third-order valence-electron chi connectivity index (χ3n) is 4.09. The Labute approximate surface area is 169 Å². The number of hydrogen-bond acceptors (Lipinski definition) is 5. The second-order valence-corrected chi connectivity index (χ2v) is 6.67. The van der Waals surface area contributed by atoms with Crippen molar-refractivity contribution in [3.8, 4) is 11.5 Å². The van der Waals surface area contributed by atoms with E-state index in [4.69, 9.17) is 14.2 Å². The van der Waals surface area contributed by atoms with Gasteiger partial charge in [0.15, 0.2) is 6.61 Å². The van der Waals surface area contributed by atoms with Gasteiger partial charge in [0.2, 0.25) is 0 Å². The molecule has 0 N–H and O–H groups in total. The number of ether oxygens (including phenoxy) is 3. The third-order valence-corrected chi connectivity index (χ3v) is 4.09. The van der Waals surface area contributed by atoms with Crippen molar-refractivity contribution in [2.45, 2.75) is 20.5 Å². The van der Waals surface area contributed by atoms with E-state index in [1.165, 1.54) is 0 Å². The van der Waals surface area contributed by atoms with Crippen LogP contribution in [0.25, 0.3) is 0 Å². The number of esters is 2. The molecule has 0 radical (unpaired) electrons. The molecule has 0 saturated heterocycles. The first-order chi connectivity index (χ1) is 14.0. The molecule has 0 atom stereocenters. The lowest BCUT2D eigenvalue weighted by Crippen LogP contribution is -2.17. The molecule has 0 aliphatic rings. The highest BCUT2D eigenvalue weighted by Gasteiger charge is 2.10. The van der Waals surface area contributed by atoms with E-state index in [0.29, 0.717) is 17.1 Å². The van der Waals surface area contributed by atoms with Crippen LogP contribution in [0.4, 0.5) is 0 Å². The van der Waals surface area contributed by atoms with Crippen LogP contribution in [0.15, 0.2) is 72.8 Å². The summed E-state index contributed by atoms with van der Waals surface area (Å²) in [6.07, 6.45) is 0. The molecule has 0 heterocycles. The topological polar surface area (TPSA) is 61.8 Å². The maximum absolute atomic E-state index is 12.1. The summed E-state index contributed by atoms with van der Waals surface area (Å²) in [5.41, 5.74) is 3.41. The first-order valence-electron chi connectivity index (χ1n) is 9.22. The van der Waals surface area contributed by atoms with Crippen molar-refractivity contribution in [2.24, 2.45) is 0 Å². The van der Waals surface area contributed by atoms with Gasteiger partial charge in [-0.05, 0) is 66.9 Å². The number of benzene rings is 3. The predicted molar refractivity (Wildman–Crippen MR) is 109 cm³/mol. The molecule has 5 heteroatoms. The Bertz CT molecular complexity index is 958. The van der Waals surface area contributed by atoms with Crippen LogP contribution in [0.2, 0.25) is 0 Å². The highest BCUT2D eigenvalue weighted by Crippen LogP contribution is 2.17. The average Bonchev–Trinajstić information content (AvgIpc) is 2.71. The second kappa shape index (κ2) is 9.55. The van der Waals surface area contributed by atoms with Crippen LogP contribution in [0.1, 0.15) is 27.0 Å². The molecule has 0 spiro atoms. The zero-order valence-corrected chi connectivity index (χ0v) is 16.4. The number of rotatable bonds is 7. The molecule has 0 aliphatic heterocycles. The van der Waals surface area contributed by atoms with E-state index in [1.54, 1.807) is 24.3 Å². The van der Waals surface area contributed by atoms with Crippen LogP contribution in [0.5, 0.6) is 11.5 Å². The van der Waals surface area contributed by atoms with Gasteiger partial charge in [-0.2, -0.15) is 0 Å². The summed E-state index contributed by atoms with van der Waals surface area (Å²) in [5, 5.41) is 0. The van der Waals surface area contributed by atoms with E-state index in [2.05, 4.69) is 0 Å². The predicted octanol–water partition coefficient (Wildman–Crippen LogP) is 4.64. The summed E-state index contributed by atoms with van der Waals surface area (Å²) in [5.74, 6) is -0.0111. The van der Waals surface area contributed by atoms with Crippen molar-refractivity contribution in [3.05, 3.63) is 95.1 Å². The van der Waals surface area contributed by atoms with Crippen molar-refractivity contribution in [1.82, 2.24) is 0 Å². The van der Waals surface area contributed by atoms with Gasteiger partial charge in [-0.3, -0.25) is 0 Å². The van der Waals surface area contributed by atoms with Gasteiger partial charge in [0, 0.05) is 0 Å². The fourth-order valence-electron chi connectivity index (χ4n) is 2.78. The maximum Gasteiger partial charge on any atom is 0.349 e. The van der Waals surface area contributed by atoms with Gasteiger partial charge in [-0.25, -0.2) is 9.59 Å². The smallest absolute Gasteiger partial charge is 0.349 e. The maximum atomic E-state index is 12.1. The second-order valence-electron chi connectivity index (χ2n) is 6.67. The molecule has 0 aliphatic carbocycles. The normalized spacial score (nSPS) is 10.3. The lowest BCUT2D eigenvalue weighted by molar-refractivity contribution is -0.136. The van der Waals surface area contributed by atoms with E-state index in [-0.39, 0.29) is 13.2 Å². The van der Waals surface area contributed by atoms with Gasteiger partial charge in [0.1, 0.15) is 18.1 Å². The SMILES string of the molecule is Cc1cc(C)cc(OCC(=O)Oc2ccc(C(=O)OCc3ccccc3)cc2)c1. The molecule has 148 valence electrons. The summed E-state index contributed by atoms with van der Waals surface area (Å²) < 4.78 is 16.0. The standard InChI is InChI=1S/C24H22O5/c1-17-12-18(2)14-22(13-17)27-16-23(25)29-21-10-8-20(9-11-21)24(26)28-15-19-6-4-3-5-7-19/h3-14H,15-16H2,1-2H3. The van der Waals surface area contributed by atoms with Crippen LogP contribution < -0.4 is 9.47 Å². The molecular formula is C24H22O5. The number of carbonyl (C=O) groups is 2. The van der Waals surface area contributed by atoms with E-state index >= 15 is 0 Å². The summed E-state index contributed by atoms with van der Waals surface area (Å²) in [6, 6.07) is 21.4. The van der Waals surface area contributed by atoms with Gasteiger partial charge in [-0.1, -0.05) is 36.4 Å². The van der Waals surface area contributed by atoms with Crippen molar-refractivity contribution in [2.75, 3.05) is 6.61 Å². The van der Waals surface area contributed by atoms with Crippen LogP contribution >= 0.6 is 0 Å². The lowest BCUT2D eigenvalue weighted by Gasteiger charge is -2.09. The Morgan fingerprint density at radius 1 is 0.793 bits per heavy atom. The van der Waals surface area contributed by atoms with Crippen molar-refractivity contribution >= 4 is 11.9 Å². The minimum atomic E-state index is -0.524. The fraction of sp³-hybridized carbons (Fsp3) is 0.167. The van der Waals surface area contributed by atoms with Gasteiger partial charge < -0.3 is 14.2 Å². The molecular weight excluding hydrogens is 368 g/mol. The average molecular weight is 390 g/mol. The number of carbonyl (C=O) groups excluding carboxylic acids is 2. The number of hydrogen-bond donors (Lipinski definition) is 0. The van der Waals surface area contributed by atoms with Gasteiger partial charge in [0.05, 0.1) is 5.56 Å². The molecule has 0 saturated carbocycles. The third kappa shape index (κ3) is 6.21. The van der Waals surface area contributed by atoms with E-state index in [0.717, 1.165) is 16.7 Å². The monoisotopic (exact) mass is 390 g/mol. The quantitative estimate of drug-likeness (QED) is 0.434. The van der Waals surface area contributed by atoms with E-state index < -0.39 is 11.9 Å². The molecule has 29 heavy (non-hydrogen) atoms. The summed E-state index contributed by atoms with van der Waals surface area (Å²) in [7, 11) is 0. The van der Waals surface area contributed by atoms with E-state index in [9.17, 15) is 9.59 Å². The molecule has 0 bridgehead atoms. The largest absolute Gasteiger partial charge is 0.482 e.